The third-order valence-corrected chi connectivity index (χ3v) is 9.55. The molecule has 52 heavy (non-hydrogen) atoms. The lowest BCUT2D eigenvalue weighted by atomic mass is 9.81. The molecule has 2 atom stereocenters. The summed E-state index contributed by atoms with van der Waals surface area (Å²) >= 11 is 0. The highest BCUT2D eigenvalue weighted by Gasteiger charge is 2.22. The Bertz CT molecular complexity index is 2450. The smallest absolute Gasteiger partial charge is 0.164 e. The third kappa shape index (κ3) is 6.34. The average molecular weight is 670 g/mol. The molecule has 0 spiro atoms. The van der Waals surface area contributed by atoms with E-state index >= 15 is 0 Å². The summed E-state index contributed by atoms with van der Waals surface area (Å²) in [6, 6.07) is 37.4. The lowest BCUT2D eigenvalue weighted by molar-refractivity contribution is 0.591. The summed E-state index contributed by atoms with van der Waals surface area (Å²) in [6.07, 6.45) is 22.0. The highest BCUT2D eigenvalue weighted by Crippen LogP contribution is 2.35. The van der Waals surface area contributed by atoms with Gasteiger partial charge in [0.2, 0.25) is 0 Å². The Kier molecular flexibility index (Phi) is 8.87. The summed E-state index contributed by atoms with van der Waals surface area (Å²) in [5.74, 6) is 4.95. The first-order chi connectivity index (χ1) is 25.6. The maximum atomic E-state index is 5.92. The molecule has 7 aromatic rings. The van der Waals surface area contributed by atoms with Gasteiger partial charge < -0.3 is 0 Å². The standard InChI is InChI=1S/C47H35N5/c1-4-6-11-32(5-2)40-27-26-39(30-31(40)3)47-51-45(37-22-18-33(19-23-37)41-16-7-12-35-14-9-28-48-43(35)41)50-46(52-47)38-24-20-34(21-25-38)42-17-8-13-36-15-10-29-49-44(36)42/h2,4,6-31,40H,1,3H3/b6-4-,32-11+. The maximum absolute atomic E-state index is 5.92. The second-order valence-corrected chi connectivity index (χ2v) is 12.9. The van der Waals surface area contributed by atoms with Crippen molar-refractivity contribution in [3.8, 4) is 57.4 Å². The summed E-state index contributed by atoms with van der Waals surface area (Å²) < 4.78 is 0. The zero-order chi connectivity index (χ0) is 35.4. The van der Waals surface area contributed by atoms with Crippen molar-refractivity contribution in [1.82, 2.24) is 24.9 Å². The molecule has 4 aromatic carbocycles. The average Bonchev–Trinajstić information content (AvgIpc) is 3.21. The second kappa shape index (κ2) is 14.2. The van der Waals surface area contributed by atoms with Crippen molar-refractivity contribution in [2.24, 2.45) is 11.8 Å². The zero-order valence-corrected chi connectivity index (χ0v) is 29.0. The number of rotatable bonds is 7. The summed E-state index contributed by atoms with van der Waals surface area (Å²) in [5, 5.41) is 2.21. The molecule has 1 aliphatic carbocycles. The summed E-state index contributed by atoms with van der Waals surface area (Å²) in [7, 11) is 0. The number of allylic oxidation sites excluding steroid dienone is 8. The number of hydrogen-bond acceptors (Lipinski definition) is 5. The molecule has 0 saturated carbocycles. The first-order valence-electron chi connectivity index (χ1n) is 17.4. The molecule has 0 N–H and O–H groups in total. The summed E-state index contributed by atoms with van der Waals surface area (Å²) in [4.78, 5) is 24.5. The van der Waals surface area contributed by atoms with Crippen LogP contribution in [-0.4, -0.2) is 24.9 Å². The van der Waals surface area contributed by atoms with Gasteiger partial charge in [-0.15, -0.1) is 6.42 Å². The van der Waals surface area contributed by atoms with Gasteiger partial charge in [0, 0.05) is 62.5 Å². The fourth-order valence-electron chi connectivity index (χ4n) is 6.85. The summed E-state index contributed by atoms with van der Waals surface area (Å²) in [6.45, 7) is 4.17. The van der Waals surface area contributed by atoms with Crippen molar-refractivity contribution < 1.29 is 0 Å². The minimum absolute atomic E-state index is 0.0953. The van der Waals surface area contributed by atoms with Crippen molar-refractivity contribution in [3.63, 3.8) is 0 Å². The second-order valence-electron chi connectivity index (χ2n) is 12.9. The van der Waals surface area contributed by atoms with Crippen molar-refractivity contribution in [2.75, 3.05) is 0 Å². The van der Waals surface area contributed by atoms with Crippen LogP contribution in [0.15, 0.2) is 164 Å². The Morgan fingerprint density at radius 3 is 1.63 bits per heavy atom. The minimum atomic E-state index is 0.0953. The molecule has 2 unspecified atom stereocenters. The van der Waals surface area contributed by atoms with Gasteiger partial charge in [-0.05, 0) is 36.1 Å². The number of para-hydroxylation sites is 2. The van der Waals surface area contributed by atoms with Crippen molar-refractivity contribution in [2.45, 2.75) is 13.8 Å². The molecule has 8 rings (SSSR count). The van der Waals surface area contributed by atoms with E-state index in [1.807, 2.05) is 49.7 Å². The minimum Gasteiger partial charge on any atom is -0.256 e. The van der Waals surface area contributed by atoms with E-state index in [0.717, 1.165) is 66.3 Å². The number of aromatic nitrogens is 5. The number of hydrogen-bond donors (Lipinski definition) is 0. The molecule has 0 aliphatic heterocycles. The first-order valence-corrected chi connectivity index (χ1v) is 17.4. The number of fused-ring (bicyclic) bond motifs is 2. The Morgan fingerprint density at radius 2 is 1.13 bits per heavy atom. The van der Waals surface area contributed by atoms with Crippen molar-refractivity contribution in [1.29, 1.82) is 0 Å². The van der Waals surface area contributed by atoms with E-state index in [4.69, 9.17) is 21.4 Å². The van der Waals surface area contributed by atoms with Crippen LogP contribution in [0.1, 0.15) is 19.7 Å². The maximum Gasteiger partial charge on any atom is 0.164 e. The Labute approximate surface area is 303 Å². The van der Waals surface area contributed by atoms with Crippen LogP contribution in [0.25, 0.3) is 72.4 Å². The molecule has 3 aromatic heterocycles. The van der Waals surface area contributed by atoms with Gasteiger partial charge in [0.25, 0.3) is 0 Å². The number of nitrogens with zero attached hydrogens (tertiary/aromatic N) is 5. The van der Waals surface area contributed by atoms with Gasteiger partial charge in [0.05, 0.1) is 11.0 Å². The van der Waals surface area contributed by atoms with Gasteiger partial charge in [-0.25, -0.2) is 15.0 Å². The van der Waals surface area contributed by atoms with E-state index in [2.05, 4.69) is 138 Å². The van der Waals surface area contributed by atoms with E-state index in [0.29, 0.717) is 17.5 Å². The van der Waals surface area contributed by atoms with Gasteiger partial charge >= 0.3 is 0 Å². The lowest BCUT2D eigenvalue weighted by Gasteiger charge is -2.23. The van der Waals surface area contributed by atoms with Crippen LogP contribution in [0.5, 0.6) is 0 Å². The van der Waals surface area contributed by atoms with E-state index in [9.17, 15) is 0 Å². The quantitative estimate of drug-likeness (QED) is 0.125. The van der Waals surface area contributed by atoms with Crippen molar-refractivity contribution in [3.05, 3.63) is 169 Å². The van der Waals surface area contributed by atoms with Crippen LogP contribution in [0.4, 0.5) is 0 Å². The van der Waals surface area contributed by atoms with Crippen LogP contribution < -0.4 is 0 Å². The Morgan fingerprint density at radius 1 is 0.635 bits per heavy atom. The molecular weight excluding hydrogens is 635 g/mol. The van der Waals surface area contributed by atoms with E-state index < -0.39 is 0 Å². The SMILES string of the molecule is C#C/C(=C\C=C/C)C1C=CC(c2nc(-c3ccc(-c4cccc5cccnc45)cc3)nc(-c3ccc(-c4cccc5cccnc45)cc3)n2)=CC1C. The number of terminal acetylenes is 1. The van der Waals surface area contributed by atoms with Gasteiger partial charge in [0.15, 0.2) is 17.5 Å². The van der Waals surface area contributed by atoms with Gasteiger partial charge in [0.1, 0.15) is 0 Å². The fourth-order valence-corrected chi connectivity index (χ4v) is 6.85. The predicted molar refractivity (Wildman–Crippen MR) is 214 cm³/mol. The topological polar surface area (TPSA) is 64.5 Å². The molecule has 0 fully saturated rings. The van der Waals surface area contributed by atoms with Crippen LogP contribution in [0.2, 0.25) is 0 Å². The van der Waals surface area contributed by atoms with Crippen LogP contribution in [0, 0.1) is 24.2 Å². The molecule has 0 bridgehead atoms. The summed E-state index contributed by atoms with van der Waals surface area (Å²) in [5.41, 5.74) is 9.95. The van der Waals surface area contributed by atoms with Gasteiger partial charge in [-0.1, -0.05) is 146 Å². The monoisotopic (exact) mass is 669 g/mol. The van der Waals surface area contributed by atoms with Gasteiger partial charge in [-0.3, -0.25) is 9.97 Å². The highest BCUT2D eigenvalue weighted by atomic mass is 15.0. The molecule has 3 heterocycles. The van der Waals surface area contributed by atoms with Crippen LogP contribution in [0.3, 0.4) is 0 Å². The van der Waals surface area contributed by atoms with Gasteiger partial charge in [-0.2, -0.15) is 0 Å². The lowest BCUT2D eigenvalue weighted by Crippen LogP contribution is -2.14. The highest BCUT2D eigenvalue weighted by molar-refractivity contribution is 5.94. The van der Waals surface area contributed by atoms with Crippen LogP contribution >= 0.6 is 0 Å². The predicted octanol–water partition coefficient (Wildman–Crippen LogP) is 11.0. The molecule has 5 nitrogen and oxygen atoms in total. The third-order valence-electron chi connectivity index (χ3n) is 9.55. The molecule has 1 aliphatic rings. The Balaban J connectivity index is 1.19. The van der Waals surface area contributed by atoms with E-state index in [-0.39, 0.29) is 11.8 Å². The molecule has 5 heteroatoms. The molecule has 248 valence electrons. The zero-order valence-electron chi connectivity index (χ0n) is 29.0. The largest absolute Gasteiger partial charge is 0.256 e. The van der Waals surface area contributed by atoms with Crippen LogP contribution in [-0.2, 0) is 0 Å². The first kappa shape index (κ1) is 32.4. The van der Waals surface area contributed by atoms with E-state index in [1.165, 1.54) is 0 Å². The number of pyridine rings is 2. The molecule has 0 saturated heterocycles. The molecule has 0 amide bonds. The normalized spacial score (nSPS) is 15.9. The molecule has 0 radical (unpaired) electrons. The fraction of sp³-hybridized carbons (Fsp3) is 0.0851. The number of benzene rings is 4. The van der Waals surface area contributed by atoms with E-state index in [1.54, 1.807) is 0 Å². The van der Waals surface area contributed by atoms with Crippen molar-refractivity contribution >= 4 is 27.4 Å². The molecular formula is C47H35N5. The Hall–Kier alpha value is -6.77.